The van der Waals surface area contributed by atoms with Crippen LogP contribution >= 0.6 is 0 Å². The van der Waals surface area contributed by atoms with Crippen LogP contribution in [0.5, 0.6) is 0 Å². The molecule has 0 saturated carbocycles. The van der Waals surface area contributed by atoms with E-state index in [1.165, 1.54) is 6.07 Å². The normalized spacial score (nSPS) is 13.7. The molecule has 2 nitrogen and oxygen atoms in total. The van der Waals surface area contributed by atoms with Crippen molar-refractivity contribution in [2.24, 2.45) is 0 Å². The molecule has 0 aliphatic rings. The van der Waals surface area contributed by atoms with Gasteiger partial charge in [-0.25, -0.2) is 13.2 Å². The van der Waals surface area contributed by atoms with E-state index < -0.39 is 30.8 Å². The van der Waals surface area contributed by atoms with Gasteiger partial charge in [0, 0.05) is 0 Å². The molecule has 0 saturated heterocycles. The molecular formula is C14H18F5NO. The Hall–Kier alpha value is -1.21. The number of halogens is 5. The Labute approximate surface area is 120 Å². The third-order valence-corrected chi connectivity index (χ3v) is 2.95. The number of hydrogen-bond donors (Lipinski definition) is 1. The molecule has 120 valence electrons. The molecule has 0 fully saturated rings. The lowest BCUT2D eigenvalue weighted by molar-refractivity contribution is -0.167. The molecule has 21 heavy (non-hydrogen) atoms. The minimum absolute atomic E-state index is 0.251. The molecule has 1 N–H and O–H groups in total. The molecule has 1 rings (SSSR count). The highest BCUT2D eigenvalue weighted by Crippen LogP contribution is 2.24. The van der Waals surface area contributed by atoms with Gasteiger partial charge in [-0.1, -0.05) is 19.1 Å². The molecule has 1 aromatic rings. The Bertz CT molecular complexity index is 453. The van der Waals surface area contributed by atoms with Gasteiger partial charge in [-0.2, -0.15) is 8.78 Å². The van der Waals surface area contributed by atoms with E-state index in [1.807, 2.05) is 0 Å². The Morgan fingerprint density at radius 1 is 1.29 bits per heavy atom. The zero-order valence-electron chi connectivity index (χ0n) is 11.8. The highest BCUT2D eigenvalue weighted by molar-refractivity contribution is 5.25. The lowest BCUT2D eigenvalue weighted by atomic mass is 10.1. The first kappa shape index (κ1) is 17.8. The van der Waals surface area contributed by atoms with E-state index in [0.717, 1.165) is 0 Å². The van der Waals surface area contributed by atoms with Crippen LogP contribution in [0.1, 0.15) is 24.1 Å². The van der Waals surface area contributed by atoms with Crippen molar-refractivity contribution in [3.8, 4) is 0 Å². The third kappa shape index (κ3) is 5.24. The van der Waals surface area contributed by atoms with E-state index in [-0.39, 0.29) is 6.61 Å². The van der Waals surface area contributed by atoms with Crippen LogP contribution in [0, 0.1) is 12.7 Å². The van der Waals surface area contributed by atoms with Gasteiger partial charge < -0.3 is 10.1 Å². The minimum atomic E-state index is -4.19. The van der Waals surface area contributed by atoms with Crippen molar-refractivity contribution in [1.82, 2.24) is 5.32 Å². The number of alkyl halides is 4. The van der Waals surface area contributed by atoms with Crippen LogP contribution in [0.25, 0.3) is 0 Å². The number of ether oxygens (including phenoxy) is 1. The smallest absolute Gasteiger partial charge is 0.330 e. The van der Waals surface area contributed by atoms with Crippen molar-refractivity contribution in [2.45, 2.75) is 32.2 Å². The minimum Gasteiger partial charge on any atom is -0.373 e. The summed E-state index contributed by atoms with van der Waals surface area (Å²) in [5.41, 5.74) is 0.972. The number of likely N-dealkylation sites (N-methyl/N-ethyl adjacent to an activating group) is 1. The van der Waals surface area contributed by atoms with Gasteiger partial charge in [0.05, 0.1) is 12.6 Å². The largest absolute Gasteiger partial charge is 0.373 e. The van der Waals surface area contributed by atoms with Crippen LogP contribution in [0.2, 0.25) is 0 Å². The molecule has 1 aromatic carbocycles. The van der Waals surface area contributed by atoms with Gasteiger partial charge >= 0.3 is 12.3 Å². The first-order chi connectivity index (χ1) is 9.77. The van der Waals surface area contributed by atoms with Crippen LogP contribution in [0.4, 0.5) is 22.0 Å². The first-order valence-electron chi connectivity index (χ1n) is 6.51. The summed E-state index contributed by atoms with van der Waals surface area (Å²) in [4.78, 5) is 0. The highest BCUT2D eigenvalue weighted by atomic mass is 19.3. The Morgan fingerprint density at radius 2 is 1.95 bits per heavy atom. The summed E-state index contributed by atoms with van der Waals surface area (Å²) in [6, 6.07) is 3.93. The summed E-state index contributed by atoms with van der Waals surface area (Å²) in [5, 5.41) is 2.94. The van der Waals surface area contributed by atoms with Gasteiger partial charge in [0.15, 0.2) is 0 Å². The van der Waals surface area contributed by atoms with Gasteiger partial charge in [-0.15, -0.1) is 0 Å². The van der Waals surface area contributed by atoms with Crippen LogP contribution in [0.3, 0.4) is 0 Å². The van der Waals surface area contributed by atoms with Crippen molar-refractivity contribution in [3.05, 3.63) is 35.1 Å². The van der Waals surface area contributed by atoms with Crippen molar-refractivity contribution in [1.29, 1.82) is 0 Å². The van der Waals surface area contributed by atoms with Crippen molar-refractivity contribution in [3.63, 3.8) is 0 Å². The number of nitrogens with one attached hydrogen (secondary N) is 1. The average molecular weight is 311 g/mol. The summed E-state index contributed by atoms with van der Waals surface area (Å²) >= 11 is 0. The third-order valence-electron chi connectivity index (χ3n) is 2.95. The van der Waals surface area contributed by atoms with Gasteiger partial charge in [0.1, 0.15) is 12.4 Å². The summed E-state index contributed by atoms with van der Waals surface area (Å²) in [6.07, 6.45) is -3.77. The molecule has 0 aliphatic heterocycles. The van der Waals surface area contributed by atoms with E-state index in [9.17, 15) is 22.0 Å². The highest BCUT2D eigenvalue weighted by Gasteiger charge is 2.41. The maximum Gasteiger partial charge on any atom is 0.330 e. The zero-order chi connectivity index (χ0) is 16.0. The fourth-order valence-electron chi connectivity index (χ4n) is 1.72. The second-order valence-electron chi connectivity index (χ2n) is 4.70. The molecule has 0 heterocycles. The summed E-state index contributed by atoms with van der Waals surface area (Å²) in [6.45, 7) is 2.25. The second kappa shape index (κ2) is 7.70. The van der Waals surface area contributed by atoms with E-state index >= 15 is 0 Å². The molecule has 0 bridgehead atoms. The molecule has 0 radical (unpaired) electrons. The van der Waals surface area contributed by atoms with Gasteiger partial charge in [-0.05, 0) is 30.7 Å². The lowest BCUT2D eigenvalue weighted by Gasteiger charge is -2.21. The van der Waals surface area contributed by atoms with Gasteiger partial charge in [0.2, 0.25) is 0 Å². The first-order valence-corrected chi connectivity index (χ1v) is 6.51. The Morgan fingerprint density at radius 3 is 2.48 bits per heavy atom. The second-order valence-corrected chi connectivity index (χ2v) is 4.70. The standard InChI is InChI=1S/C14H18F5NO/c1-3-20-12(7-21-8-14(18,19)13(16)17)10-5-4-9(2)11(15)6-10/h4-6,12-13,20H,3,7-8H2,1-2H3. The quantitative estimate of drug-likeness (QED) is 0.739. The lowest BCUT2D eigenvalue weighted by Crippen LogP contribution is -2.34. The van der Waals surface area contributed by atoms with Crippen molar-refractivity contribution in [2.75, 3.05) is 19.8 Å². The maximum atomic E-state index is 13.5. The predicted octanol–water partition coefficient (Wildman–Crippen LogP) is 3.70. The topological polar surface area (TPSA) is 21.3 Å². The average Bonchev–Trinajstić information content (AvgIpc) is 2.40. The number of rotatable bonds is 8. The SMILES string of the molecule is CCNC(COCC(F)(F)C(F)F)c1ccc(C)c(F)c1. The monoisotopic (exact) mass is 311 g/mol. The molecule has 0 aliphatic carbocycles. The fraction of sp³-hybridized carbons (Fsp3) is 0.571. The predicted molar refractivity (Wildman–Crippen MR) is 69.3 cm³/mol. The molecule has 0 amide bonds. The number of benzene rings is 1. The van der Waals surface area contributed by atoms with Crippen molar-refractivity contribution >= 4 is 0 Å². The number of aryl methyl sites for hydroxylation is 1. The van der Waals surface area contributed by atoms with Crippen LogP contribution in [-0.4, -0.2) is 32.1 Å². The van der Waals surface area contributed by atoms with Gasteiger partial charge in [-0.3, -0.25) is 0 Å². The van der Waals surface area contributed by atoms with Crippen LogP contribution in [-0.2, 0) is 4.74 Å². The van der Waals surface area contributed by atoms with E-state index in [4.69, 9.17) is 0 Å². The van der Waals surface area contributed by atoms with E-state index in [0.29, 0.717) is 17.7 Å². The molecule has 7 heteroatoms. The Kier molecular flexibility index (Phi) is 6.54. The zero-order valence-corrected chi connectivity index (χ0v) is 11.8. The maximum absolute atomic E-state index is 13.5. The van der Waals surface area contributed by atoms with E-state index in [2.05, 4.69) is 10.1 Å². The molecular weight excluding hydrogens is 293 g/mol. The summed E-state index contributed by atoms with van der Waals surface area (Å²) < 4.78 is 67.7. The summed E-state index contributed by atoms with van der Waals surface area (Å²) in [7, 11) is 0. The number of hydrogen-bond acceptors (Lipinski definition) is 2. The molecule has 1 atom stereocenters. The summed E-state index contributed by atoms with van der Waals surface area (Å²) in [5.74, 6) is -4.61. The van der Waals surface area contributed by atoms with Crippen LogP contribution < -0.4 is 5.32 Å². The molecule has 1 unspecified atom stereocenters. The Balaban J connectivity index is 2.67. The van der Waals surface area contributed by atoms with E-state index in [1.54, 1.807) is 26.0 Å². The van der Waals surface area contributed by atoms with Gasteiger partial charge in [0.25, 0.3) is 0 Å². The van der Waals surface area contributed by atoms with Crippen LogP contribution in [0.15, 0.2) is 18.2 Å². The molecule has 0 spiro atoms. The molecule has 0 aromatic heterocycles. The van der Waals surface area contributed by atoms with Crippen molar-refractivity contribution < 1.29 is 26.7 Å². The fourth-order valence-corrected chi connectivity index (χ4v) is 1.72.